The molecule has 0 N–H and O–H groups in total. The van der Waals surface area contributed by atoms with Crippen molar-refractivity contribution in [3.8, 4) is 0 Å². The molecule has 0 spiro atoms. The van der Waals surface area contributed by atoms with Gasteiger partial charge >= 0.3 is 6.09 Å². The number of nitrogens with zero attached hydrogens (tertiary/aromatic N) is 3. The molecule has 1 aliphatic rings. The molecular formula is C14H17N3O2. The maximum atomic E-state index is 11.8. The number of amides is 1. The van der Waals surface area contributed by atoms with Crippen molar-refractivity contribution in [3.63, 3.8) is 0 Å². The van der Waals surface area contributed by atoms with Crippen LogP contribution < -0.4 is 0 Å². The van der Waals surface area contributed by atoms with E-state index < -0.39 is 5.60 Å². The Morgan fingerprint density at radius 1 is 1.47 bits per heavy atom. The Balaban J connectivity index is 1.93. The smallest absolute Gasteiger partial charge is 0.410 e. The molecule has 0 radical (unpaired) electrons. The van der Waals surface area contributed by atoms with Crippen LogP contribution in [-0.4, -0.2) is 34.7 Å². The largest absolute Gasteiger partial charge is 0.444 e. The van der Waals surface area contributed by atoms with Gasteiger partial charge in [0.15, 0.2) is 0 Å². The van der Waals surface area contributed by atoms with Crippen LogP contribution in [0.2, 0.25) is 0 Å². The highest BCUT2D eigenvalue weighted by atomic mass is 16.6. The van der Waals surface area contributed by atoms with Gasteiger partial charge in [-0.05, 0) is 32.9 Å². The van der Waals surface area contributed by atoms with Gasteiger partial charge in [-0.25, -0.2) is 4.79 Å². The van der Waals surface area contributed by atoms with Crippen LogP contribution in [0, 0.1) is 6.57 Å². The van der Waals surface area contributed by atoms with E-state index in [9.17, 15) is 4.79 Å². The highest BCUT2D eigenvalue weighted by Crippen LogP contribution is 2.28. The normalized spacial score (nSPS) is 15.6. The van der Waals surface area contributed by atoms with E-state index in [0.717, 1.165) is 5.69 Å². The molecule has 0 bridgehead atoms. The lowest BCUT2D eigenvalue weighted by Gasteiger charge is -2.38. The van der Waals surface area contributed by atoms with E-state index in [0.29, 0.717) is 18.9 Å². The summed E-state index contributed by atoms with van der Waals surface area (Å²) < 4.78 is 5.29. The van der Waals surface area contributed by atoms with Gasteiger partial charge in [0.25, 0.3) is 5.82 Å². The summed E-state index contributed by atoms with van der Waals surface area (Å²) in [5, 5.41) is 0. The molecule has 1 saturated heterocycles. The van der Waals surface area contributed by atoms with Crippen molar-refractivity contribution >= 4 is 11.9 Å². The van der Waals surface area contributed by atoms with E-state index in [1.165, 1.54) is 0 Å². The number of ether oxygens (including phenoxy) is 1. The van der Waals surface area contributed by atoms with E-state index >= 15 is 0 Å². The molecule has 100 valence electrons. The fourth-order valence-corrected chi connectivity index (χ4v) is 1.87. The fourth-order valence-electron chi connectivity index (χ4n) is 1.87. The minimum absolute atomic E-state index is 0.203. The average Bonchev–Trinajstić information content (AvgIpc) is 2.25. The predicted octanol–water partition coefficient (Wildman–Crippen LogP) is 2.97. The summed E-state index contributed by atoms with van der Waals surface area (Å²) in [4.78, 5) is 21.0. The SMILES string of the molecule is [C-]#[N+]c1cccc(C2CN(C(=O)OC(C)(C)C)C2)n1. The molecular weight excluding hydrogens is 242 g/mol. The molecule has 5 heteroatoms. The molecule has 1 aliphatic heterocycles. The quantitative estimate of drug-likeness (QED) is 0.728. The van der Waals surface area contributed by atoms with Crippen LogP contribution in [-0.2, 0) is 4.74 Å². The van der Waals surface area contributed by atoms with Gasteiger partial charge in [-0.2, -0.15) is 0 Å². The van der Waals surface area contributed by atoms with Gasteiger partial charge in [0, 0.05) is 13.1 Å². The second-order valence-electron chi connectivity index (χ2n) is 5.61. The van der Waals surface area contributed by atoms with Crippen LogP contribution in [0.15, 0.2) is 18.2 Å². The number of pyridine rings is 1. The van der Waals surface area contributed by atoms with E-state index in [-0.39, 0.29) is 12.0 Å². The maximum Gasteiger partial charge on any atom is 0.410 e. The summed E-state index contributed by atoms with van der Waals surface area (Å²) in [6.45, 7) is 13.7. The first kappa shape index (κ1) is 13.3. The van der Waals surface area contributed by atoms with E-state index in [1.807, 2.05) is 32.9 Å². The number of rotatable bonds is 1. The highest BCUT2D eigenvalue weighted by molar-refractivity contribution is 5.69. The Morgan fingerprint density at radius 3 is 2.74 bits per heavy atom. The Bertz CT molecular complexity index is 522. The van der Waals surface area contributed by atoms with Gasteiger partial charge in [0.2, 0.25) is 0 Å². The van der Waals surface area contributed by atoms with Gasteiger partial charge in [-0.15, -0.1) is 4.98 Å². The minimum atomic E-state index is -0.468. The zero-order chi connectivity index (χ0) is 14.0. The molecule has 2 rings (SSSR count). The molecule has 1 amide bonds. The number of likely N-dealkylation sites (tertiary alicyclic amines) is 1. The molecule has 1 aromatic heterocycles. The third kappa shape index (κ3) is 3.22. The maximum absolute atomic E-state index is 11.8. The fraction of sp³-hybridized carbons (Fsp3) is 0.500. The molecule has 1 aromatic rings. The predicted molar refractivity (Wildman–Crippen MR) is 71.0 cm³/mol. The van der Waals surface area contributed by atoms with Gasteiger partial charge in [-0.3, -0.25) is 0 Å². The highest BCUT2D eigenvalue weighted by Gasteiger charge is 2.36. The summed E-state index contributed by atoms with van der Waals surface area (Å²) >= 11 is 0. The first-order valence-electron chi connectivity index (χ1n) is 6.21. The van der Waals surface area contributed by atoms with Gasteiger partial charge < -0.3 is 14.5 Å². The third-order valence-electron chi connectivity index (χ3n) is 2.82. The molecule has 1 fully saturated rings. The molecule has 5 nitrogen and oxygen atoms in total. The van der Waals surface area contributed by atoms with Gasteiger partial charge in [0.05, 0.1) is 5.92 Å². The number of carbonyl (C=O) groups excluding carboxylic acids is 1. The van der Waals surface area contributed by atoms with E-state index in [2.05, 4.69) is 9.83 Å². The number of hydrogen-bond acceptors (Lipinski definition) is 3. The number of aromatic nitrogens is 1. The summed E-state index contributed by atoms with van der Waals surface area (Å²) in [5.41, 5.74) is 0.401. The van der Waals surface area contributed by atoms with Crippen molar-refractivity contribution in [2.24, 2.45) is 0 Å². The molecule has 2 heterocycles. The molecule has 0 saturated carbocycles. The van der Waals surface area contributed by atoms with Gasteiger partial charge in [0.1, 0.15) is 11.3 Å². The van der Waals surface area contributed by atoms with Crippen LogP contribution in [0.4, 0.5) is 10.6 Å². The minimum Gasteiger partial charge on any atom is -0.444 e. The summed E-state index contributed by atoms with van der Waals surface area (Å²) in [7, 11) is 0. The Morgan fingerprint density at radius 2 is 2.16 bits per heavy atom. The lowest BCUT2D eigenvalue weighted by Crippen LogP contribution is -2.50. The van der Waals surface area contributed by atoms with Crippen molar-refractivity contribution < 1.29 is 9.53 Å². The van der Waals surface area contributed by atoms with Crippen LogP contribution in [0.3, 0.4) is 0 Å². The monoisotopic (exact) mass is 259 g/mol. The van der Waals surface area contributed by atoms with Crippen molar-refractivity contribution in [2.45, 2.75) is 32.3 Å². The average molecular weight is 259 g/mol. The van der Waals surface area contributed by atoms with Crippen molar-refractivity contribution in [3.05, 3.63) is 35.3 Å². The Hall–Kier alpha value is -2.09. The zero-order valence-corrected chi connectivity index (χ0v) is 11.4. The number of carbonyl (C=O) groups is 1. The lowest BCUT2D eigenvalue weighted by molar-refractivity contribution is 0.00789. The van der Waals surface area contributed by atoms with Crippen molar-refractivity contribution in [2.75, 3.05) is 13.1 Å². The summed E-state index contributed by atoms with van der Waals surface area (Å²) in [6.07, 6.45) is -0.287. The van der Waals surface area contributed by atoms with Crippen LogP contribution >= 0.6 is 0 Å². The Labute approximate surface area is 113 Å². The molecule has 0 aliphatic carbocycles. The van der Waals surface area contributed by atoms with Crippen molar-refractivity contribution in [1.82, 2.24) is 9.88 Å². The molecule has 19 heavy (non-hydrogen) atoms. The Kier molecular flexibility index (Phi) is 3.43. The first-order chi connectivity index (χ1) is 8.89. The third-order valence-corrected chi connectivity index (χ3v) is 2.82. The number of hydrogen-bond donors (Lipinski definition) is 0. The van der Waals surface area contributed by atoms with Crippen LogP contribution in [0.5, 0.6) is 0 Å². The van der Waals surface area contributed by atoms with Crippen molar-refractivity contribution in [1.29, 1.82) is 0 Å². The van der Waals surface area contributed by atoms with E-state index in [4.69, 9.17) is 11.3 Å². The molecule has 0 aromatic carbocycles. The topological polar surface area (TPSA) is 46.8 Å². The second-order valence-corrected chi connectivity index (χ2v) is 5.61. The van der Waals surface area contributed by atoms with Crippen LogP contribution in [0.25, 0.3) is 4.85 Å². The van der Waals surface area contributed by atoms with Gasteiger partial charge in [-0.1, -0.05) is 12.6 Å². The summed E-state index contributed by atoms with van der Waals surface area (Å²) in [5.74, 6) is 0.599. The second kappa shape index (κ2) is 4.88. The zero-order valence-electron chi connectivity index (χ0n) is 11.4. The first-order valence-corrected chi connectivity index (χ1v) is 6.21. The molecule has 0 unspecified atom stereocenters. The standard InChI is InChI=1S/C14H17N3O2/c1-14(2,3)19-13(18)17-8-10(9-17)11-6-5-7-12(15-4)16-11/h5-7,10H,8-9H2,1-3H3. The lowest BCUT2D eigenvalue weighted by atomic mass is 9.96. The van der Waals surface area contributed by atoms with Crippen LogP contribution in [0.1, 0.15) is 32.4 Å². The summed E-state index contributed by atoms with van der Waals surface area (Å²) in [6, 6.07) is 5.40. The molecule has 0 atom stereocenters. The van der Waals surface area contributed by atoms with E-state index in [1.54, 1.807) is 11.0 Å².